The highest BCUT2D eigenvalue weighted by Crippen LogP contribution is 2.47. The first-order valence-corrected chi connectivity index (χ1v) is 5.13. The van der Waals surface area contributed by atoms with Crippen LogP contribution in [0.5, 0.6) is 17.2 Å². The van der Waals surface area contributed by atoms with Crippen molar-refractivity contribution in [2.24, 2.45) is 5.73 Å². The Morgan fingerprint density at radius 2 is 2.27 bits per heavy atom. The van der Waals surface area contributed by atoms with Crippen LogP contribution in [0.25, 0.3) is 0 Å². The van der Waals surface area contributed by atoms with Gasteiger partial charge in [-0.3, -0.25) is 0 Å². The maximum Gasteiger partial charge on any atom is 0.231 e. The number of halogens is 1. The van der Waals surface area contributed by atoms with Crippen LogP contribution in [0.1, 0.15) is 11.7 Å². The summed E-state index contributed by atoms with van der Waals surface area (Å²) in [5.41, 5.74) is 5.65. The first-order valence-electron chi connectivity index (χ1n) is 4.34. The van der Waals surface area contributed by atoms with Gasteiger partial charge in [-0.2, -0.15) is 0 Å². The number of aliphatic hydroxyl groups excluding tert-OH is 1. The lowest BCUT2D eigenvalue weighted by atomic mass is 10.1. The minimum absolute atomic E-state index is 0.0274. The van der Waals surface area contributed by atoms with Crippen LogP contribution < -0.4 is 15.2 Å². The second-order valence-corrected chi connectivity index (χ2v) is 3.91. The molecular weight excluding hydrogens is 266 g/mol. The molecule has 1 aliphatic heterocycles. The van der Waals surface area contributed by atoms with E-state index in [0.29, 0.717) is 21.5 Å². The zero-order valence-electron chi connectivity index (χ0n) is 7.74. The van der Waals surface area contributed by atoms with Crippen LogP contribution in [0, 0.1) is 0 Å². The van der Waals surface area contributed by atoms with Gasteiger partial charge in [0, 0.05) is 12.1 Å². The van der Waals surface area contributed by atoms with Crippen molar-refractivity contribution in [2.45, 2.75) is 6.10 Å². The Kier molecular flexibility index (Phi) is 2.72. The fraction of sp³-hybridized carbons (Fsp3) is 0.333. The largest absolute Gasteiger partial charge is 0.506 e. The van der Waals surface area contributed by atoms with Gasteiger partial charge in [-0.15, -0.1) is 0 Å². The molecule has 0 fully saturated rings. The van der Waals surface area contributed by atoms with Crippen LogP contribution in [0.2, 0.25) is 0 Å². The van der Waals surface area contributed by atoms with E-state index >= 15 is 0 Å². The normalized spacial score (nSPS) is 15.4. The number of fused-ring (bicyclic) bond motifs is 1. The number of benzene rings is 1. The van der Waals surface area contributed by atoms with Crippen molar-refractivity contribution in [3.05, 3.63) is 16.1 Å². The lowest BCUT2D eigenvalue weighted by molar-refractivity contribution is 0.172. The van der Waals surface area contributed by atoms with Gasteiger partial charge in [0.2, 0.25) is 6.79 Å². The van der Waals surface area contributed by atoms with Crippen molar-refractivity contribution in [2.75, 3.05) is 13.3 Å². The predicted molar refractivity (Wildman–Crippen MR) is 55.9 cm³/mol. The number of aromatic hydroxyl groups is 1. The SMILES string of the molecule is NCC(O)c1cc2c(c(Br)c1O)OCO2. The third-order valence-electron chi connectivity index (χ3n) is 2.19. The summed E-state index contributed by atoms with van der Waals surface area (Å²) >= 11 is 3.17. The molecule has 1 atom stereocenters. The molecule has 15 heavy (non-hydrogen) atoms. The van der Waals surface area contributed by atoms with Crippen LogP contribution >= 0.6 is 15.9 Å². The van der Waals surface area contributed by atoms with Gasteiger partial charge in [0.15, 0.2) is 11.5 Å². The maximum absolute atomic E-state index is 9.77. The van der Waals surface area contributed by atoms with Crippen molar-refractivity contribution >= 4 is 15.9 Å². The average Bonchev–Trinajstić information content (AvgIpc) is 2.70. The fourth-order valence-corrected chi connectivity index (χ4v) is 1.93. The summed E-state index contributed by atoms with van der Waals surface area (Å²) in [4.78, 5) is 0. The maximum atomic E-state index is 9.77. The highest BCUT2D eigenvalue weighted by Gasteiger charge is 2.25. The smallest absolute Gasteiger partial charge is 0.231 e. The molecule has 1 aromatic carbocycles. The number of phenolic OH excluding ortho intramolecular Hbond substituents is 1. The first-order chi connectivity index (χ1) is 7.15. The van der Waals surface area contributed by atoms with Crippen molar-refractivity contribution in [1.29, 1.82) is 0 Å². The van der Waals surface area contributed by atoms with Gasteiger partial charge in [0.25, 0.3) is 0 Å². The number of hydrogen-bond donors (Lipinski definition) is 3. The number of aliphatic hydroxyl groups is 1. The second-order valence-electron chi connectivity index (χ2n) is 3.11. The second kappa shape index (κ2) is 3.88. The summed E-state index contributed by atoms with van der Waals surface area (Å²) in [7, 11) is 0. The first kappa shape index (κ1) is 10.5. The number of rotatable bonds is 2. The summed E-state index contributed by atoms with van der Waals surface area (Å²) in [5.74, 6) is 0.861. The van der Waals surface area contributed by atoms with Crippen LogP contribution in [0.3, 0.4) is 0 Å². The summed E-state index contributed by atoms with van der Waals surface area (Å²) in [6, 6.07) is 1.53. The number of nitrogens with two attached hydrogens (primary N) is 1. The fourth-order valence-electron chi connectivity index (χ4n) is 1.39. The summed E-state index contributed by atoms with van der Waals surface area (Å²) in [6.45, 7) is 0.134. The Balaban J connectivity index is 2.54. The van der Waals surface area contributed by atoms with E-state index in [1.807, 2.05) is 0 Å². The molecule has 6 heteroatoms. The van der Waals surface area contributed by atoms with Gasteiger partial charge in [0.1, 0.15) is 10.2 Å². The highest BCUT2D eigenvalue weighted by molar-refractivity contribution is 9.10. The lowest BCUT2D eigenvalue weighted by Crippen LogP contribution is -2.11. The third-order valence-corrected chi connectivity index (χ3v) is 2.93. The quantitative estimate of drug-likeness (QED) is 0.746. The van der Waals surface area contributed by atoms with Gasteiger partial charge in [0.05, 0.1) is 6.10 Å². The molecule has 1 aliphatic rings. The van der Waals surface area contributed by atoms with Crippen LogP contribution in [-0.2, 0) is 0 Å². The Hall–Kier alpha value is -0.980. The predicted octanol–water partition coefficient (Wildman–Crippen LogP) is 0.875. The summed E-state index contributed by atoms with van der Waals surface area (Å²) in [6.07, 6.45) is -0.921. The van der Waals surface area contributed by atoms with Crippen LogP contribution in [0.4, 0.5) is 0 Å². The molecule has 0 aromatic heterocycles. The topological polar surface area (TPSA) is 84.9 Å². The molecule has 82 valence electrons. The molecule has 0 saturated carbocycles. The molecule has 5 nitrogen and oxygen atoms in total. The Labute approximate surface area is 94.5 Å². The Bertz CT molecular complexity index is 396. The molecule has 0 saturated heterocycles. The molecule has 2 rings (SSSR count). The number of hydrogen-bond acceptors (Lipinski definition) is 5. The average molecular weight is 276 g/mol. The number of phenols is 1. The van der Waals surface area contributed by atoms with Crippen molar-refractivity contribution < 1.29 is 19.7 Å². The van der Waals surface area contributed by atoms with Gasteiger partial charge in [-0.05, 0) is 22.0 Å². The Morgan fingerprint density at radius 1 is 1.53 bits per heavy atom. The zero-order chi connectivity index (χ0) is 11.0. The van der Waals surface area contributed by atoms with E-state index < -0.39 is 6.10 Å². The van der Waals surface area contributed by atoms with E-state index in [1.165, 1.54) is 6.07 Å². The molecule has 1 heterocycles. The van der Waals surface area contributed by atoms with Gasteiger partial charge >= 0.3 is 0 Å². The zero-order valence-corrected chi connectivity index (χ0v) is 9.32. The van der Waals surface area contributed by atoms with Crippen LogP contribution in [-0.4, -0.2) is 23.6 Å². The van der Waals surface area contributed by atoms with Crippen molar-refractivity contribution in [3.8, 4) is 17.2 Å². The Morgan fingerprint density at radius 3 is 2.93 bits per heavy atom. The van der Waals surface area contributed by atoms with Gasteiger partial charge < -0.3 is 25.4 Å². The van der Waals surface area contributed by atoms with E-state index in [2.05, 4.69) is 15.9 Å². The molecule has 0 spiro atoms. The van der Waals surface area contributed by atoms with Gasteiger partial charge in [-0.25, -0.2) is 0 Å². The molecule has 0 radical (unpaired) electrons. The minimum atomic E-state index is -0.921. The van der Waals surface area contributed by atoms with E-state index in [1.54, 1.807) is 0 Å². The number of ether oxygens (including phenoxy) is 2. The molecule has 1 aromatic rings. The standard InChI is InChI=1S/C9H10BrNO4/c10-7-8(13)4(5(12)2-11)1-6-9(7)15-3-14-6/h1,5,12-13H,2-3,11H2. The van der Waals surface area contributed by atoms with Crippen molar-refractivity contribution in [3.63, 3.8) is 0 Å². The minimum Gasteiger partial charge on any atom is -0.506 e. The summed E-state index contributed by atoms with van der Waals surface area (Å²) < 4.78 is 10.7. The highest BCUT2D eigenvalue weighted by atomic mass is 79.9. The lowest BCUT2D eigenvalue weighted by Gasteiger charge is -2.12. The van der Waals surface area contributed by atoms with Crippen LogP contribution in [0.15, 0.2) is 10.5 Å². The summed E-state index contributed by atoms with van der Waals surface area (Å²) in [5, 5.41) is 19.3. The molecule has 1 unspecified atom stereocenters. The van der Waals surface area contributed by atoms with E-state index in [4.69, 9.17) is 15.2 Å². The van der Waals surface area contributed by atoms with E-state index in [0.717, 1.165) is 0 Å². The third kappa shape index (κ3) is 1.64. The molecule has 0 bridgehead atoms. The molecule has 0 amide bonds. The monoisotopic (exact) mass is 275 g/mol. The molecule has 4 N–H and O–H groups in total. The molecule has 0 aliphatic carbocycles. The van der Waals surface area contributed by atoms with E-state index in [9.17, 15) is 10.2 Å². The van der Waals surface area contributed by atoms with Gasteiger partial charge in [-0.1, -0.05) is 0 Å². The van der Waals surface area contributed by atoms with Crippen molar-refractivity contribution in [1.82, 2.24) is 0 Å². The molecular formula is C9H10BrNO4. The van der Waals surface area contributed by atoms with E-state index in [-0.39, 0.29) is 19.1 Å².